The van der Waals surface area contributed by atoms with Gasteiger partial charge in [0.25, 0.3) is 0 Å². The number of carbonyl (C=O) groups excluding carboxylic acids is 1. The van der Waals surface area contributed by atoms with Gasteiger partial charge in [-0.15, -0.1) is 5.10 Å². The van der Waals surface area contributed by atoms with Gasteiger partial charge in [-0.05, 0) is 38.1 Å². The molecule has 0 unspecified atom stereocenters. The highest BCUT2D eigenvalue weighted by Gasteiger charge is 2.15. The monoisotopic (exact) mass is 354 g/mol. The van der Waals surface area contributed by atoms with Crippen molar-refractivity contribution >= 4 is 11.7 Å². The van der Waals surface area contributed by atoms with E-state index in [1.54, 1.807) is 15.7 Å². The number of nitrogens with one attached hydrogen (secondary N) is 1. The number of benzene rings is 1. The third kappa shape index (κ3) is 3.23. The van der Waals surface area contributed by atoms with Gasteiger partial charge in [-0.1, -0.05) is 0 Å². The van der Waals surface area contributed by atoms with Crippen molar-refractivity contribution in [3.05, 3.63) is 36.7 Å². The molecule has 0 saturated heterocycles. The van der Waals surface area contributed by atoms with E-state index in [2.05, 4.69) is 20.6 Å². The van der Waals surface area contributed by atoms with Gasteiger partial charge in [0.05, 0.1) is 17.9 Å². The van der Waals surface area contributed by atoms with E-state index in [1.807, 2.05) is 38.1 Å². The first-order valence-corrected chi connectivity index (χ1v) is 8.23. The molecule has 0 aliphatic carbocycles. The van der Waals surface area contributed by atoms with Crippen LogP contribution in [0.1, 0.15) is 19.9 Å². The van der Waals surface area contributed by atoms with Crippen molar-refractivity contribution in [3.8, 4) is 22.8 Å². The van der Waals surface area contributed by atoms with E-state index in [-0.39, 0.29) is 25.3 Å². The third-order valence-corrected chi connectivity index (χ3v) is 3.85. The number of aromatic nitrogens is 5. The van der Waals surface area contributed by atoms with Crippen LogP contribution >= 0.6 is 0 Å². The Morgan fingerprint density at radius 3 is 2.88 bits per heavy atom. The average molecular weight is 354 g/mol. The van der Waals surface area contributed by atoms with E-state index in [4.69, 9.17) is 9.47 Å². The van der Waals surface area contributed by atoms with Crippen molar-refractivity contribution in [1.82, 2.24) is 24.8 Å². The predicted octanol–water partition coefficient (Wildman–Crippen LogP) is 2.09. The molecule has 9 heteroatoms. The molecule has 0 radical (unpaired) electrons. The minimum Gasteiger partial charge on any atom is -0.454 e. The lowest BCUT2D eigenvalue weighted by atomic mass is 10.1. The van der Waals surface area contributed by atoms with Crippen LogP contribution in [-0.2, 0) is 11.3 Å². The highest BCUT2D eigenvalue weighted by Crippen LogP contribution is 2.35. The molecule has 1 amide bonds. The summed E-state index contributed by atoms with van der Waals surface area (Å²) in [6, 6.07) is 7.61. The Bertz CT molecular complexity index is 946. The smallest absolute Gasteiger partial charge is 0.247 e. The molecule has 0 fully saturated rings. The fourth-order valence-corrected chi connectivity index (χ4v) is 2.57. The first-order chi connectivity index (χ1) is 12.6. The molecule has 0 spiro atoms. The molecule has 1 aromatic carbocycles. The van der Waals surface area contributed by atoms with Gasteiger partial charge in [0.1, 0.15) is 6.54 Å². The Hall–Kier alpha value is -3.36. The normalized spacial score (nSPS) is 12.6. The summed E-state index contributed by atoms with van der Waals surface area (Å²) in [5.74, 6) is 1.62. The summed E-state index contributed by atoms with van der Waals surface area (Å²) in [6.45, 7) is 4.24. The Balaban J connectivity index is 1.42. The van der Waals surface area contributed by atoms with E-state index in [1.165, 1.54) is 6.20 Å². The molecule has 4 rings (SSSR count). The number of nitrogens with zero attached hydrogens (tertiary/aromatic N) is 5. The summed E-state index contributed by atoms with van der Waals surface area (Å²) in [6.07, 6.45) is 3.28. The molecule has 9 nitrogen and oxygen atoms in total. The topological polar surface area (TPSA) is 96.1 Å². The predicted molar refractivity (Wildman–Crippen MR) is 92.8 cm³/mol. The maximum atomic E-state index is 12.2. The molecule has 3 aromatic rings. The van der Waals surface area contributed by atoms with Crippen molar-refractivity contribution < 1.29 is 14.3 Å². The molecular formula is C17H18N6O3. The van der Waals surface area contributed by atoms with Crippen LogP contribution in [0.15, 0.2) is 36.7 Å². The van der Waals surface area contributed by atoms with Gasteiger partial charge < -0.3 is 14.8 Å². The molecule has 1 N–H and O–H groups in total. The van der Waals surface area contributed by atoms with E-state index >= 15 is 0 Å². The zero-order valence-electron chi connectivity index (χ0n) is 14.4. The highest BCUT2D eigenvalue weighted by atomic mass is 16.7. The van der Waals surface area contributed by atoms with Gasteiger partial charge in [0, 0.05) is 11.8 Å². The summed E-state index contributed by atoms with van der Waals surface area (Å²) in [5.41, 5.74) is 1.65. The Labute approximate surface area is 149 Å². The maximum absolute atomic E-state index is 12.2. The number of fused-ring (bicyclic) bond motifs is 1. The van der Waals surface area contributed by atoms with Gasteiger partial charge >= 0.3 is 0 Å². The van der Waals surface area contributed by atoms with Crippen LogP contribution in [0, 0.1) is 0 Å². The van der Waals surface area contributed by atoms with Gasteiger partial charge in [-0.2, -0.15) is 15.0 Å². The molecular weight excluding hydrogens is 336 g/mol. The largest absolute Gasteiger partial charge is 0.454 e. The number of rotatable bonds is 5. The first kappa shape index (κ1) is 16.1. The van der Waals surface area contributed by atoms with Gasteiger partial charge in [-0.3, -0.25) is 9.48 Å². The molecule has 2 aromatic heterocycles. The Morgan fingerprint density at radius 1 is 1.23 bits per heavy atom. The minimum absolute atomic E-state index is 0.0824. The van der Waals surface area contributed by atoms with Crippen molar-refractivity contribution in [3.63, 3.8) is 0 Å². The SMILES string of the molecule is CC(C)n1ncc(NC(=O)Cn2ccc(-c3ccc4c(c3)OCO4)n2)n1. The summed E-state index contributed by atoms with van der Waals surface area (Å²) in [4.78, 5) is 13.7. The van der Waals surface area contributed by atoms with Gasteiger partial charge in [-0.25, -0.2) is 0 Å². The van der Waals surface area contributed by atoms with Crippen LogP contribution in [0.4, 0.5) is 5.82 Å². The zero-order chi connectivity index (χ0) is 18.1. The molecule has 3 heterocycles. The molecule has 0 atom stereocenters. The molecule has 26 heavy (non-hydrogen) atoms. The number of anilines is 1. The number of amides is 1. The zero-order valence-corrected chi connectivity index (χ0v) is 14.4. The Kier molecular flexibility index (Phi) is 4.04. The lowest BCUT2D eigenvalue weighted by Crippen LogP contribution is -2.19. The molecule has 0 bridgehead atoms. The summed E-state index contributed by atoms with van der Waals surface area (Å²) in [5, 5.41) is 15.4. The van der Waals surface area contributed by atoms with Crippen LogP contribution in [0.25, 0.3) is 11.3 Å². The lowest BCUT2D eigenvalue weighted by molar-refractivity contribution is -0.116. The molecule has 1 aliphatic heterocycles. The van der Waals surface area contributed by atoms with Crippen molar-refractivity contribution in [2.45, 2.75) is 26.4 Å². The number of carbonyl (C=O) groups is 1. The second-order valence-corrected chi connectivity index (χ2v) is 6.16. The van der Waals surface area contributed by atoms with E-state index in [0.717, 1.165) is 17.0 Å². The fourth-order valence-electron chi connectivity index (χ4n) is 2.57. The molecule has 134 valence electrons. The fraction of sp³-hybridized carbons (Fsp3) is 0.294. The standard InChI is InChI=1S/C17H18N6O3/c1-11(2)23-18-8-16(21-23)19-17(24)9-22-6-5-13(20-22)12-3-4-14-15(7-12)26-10-25-14/h3-8,11H,9-10H2,1-2H3,(H,19,21,24). The van der Waals surface area contributed by atoms with E-state index in [0.29, 0.717) is 11.6 Å². The van der Waals surface area contributed by atoms with Crippen molar-refractivity contribution in [1.29, 1.82) is 0 Å². The minimum atomic E-state index is -0.221. The van der Waals surface area contributed by atoms with Crippen LogP contribution in [-0.4, -0.2) is 37.5 Å². The highest BCUT2D eigenvalue weighted by molar-refractivity contribution is 5.89. The van der Waals surface area contributed by atoms with Crippen LogP contribution in [0.5, 0.6) is 11.5 Å². The summed E-state index contributed by atoms with van der Waals surface area (Å²) in [7, 11) is 0. The maximum Gasteiger partial charge on any atom is 0.247 e. The van der Waals surface area contributed by atoms with Crippen LogP contribution < -0.4 is 14.8 Å². The van der Waals surface area contributed by atoms with Crippen LogP contribution in [0.3, 0.4) is 0 Å². The Morgan fingerprint density at radius 2 is 2.08 bits per heavy atom. The first-order valence-electron chi connectivity index (χ1n) is 8.23. The molecule has 0 saturated carbocycles. The summed E-state index contributed by atoms with van der Waals surface area (Å²) < 4.78 is 12.3. The number of ether oxygens (including phenoxy) is 2. The van der Waals surface area contributed by atoms with E-state index < -0.39 is 0 Å². The van der Waals surface area contributed by atoms with Gasteiger partial charge in [0.15, 0.2) is 17.3 Å². The second kappa shape index (κ2) is 6.51. The van der Waals surface area contributed by atoms with Crippen LogP contribution in [0.2, 0.25) is 0 Å². The number of hydrogen-bond donors (Lipinski definition) is 1. The second-order valence-electron chi connectivity index (χ2n) is 6.16. The van der Waals surface area contributed by atoms with Crippen molar-refractivity contribution in [2.24, 2.45) is 0 Å². The van der Waals surface area contributed by atoms with Crippen molar-refractivity contribution in [2.75, 3.05) is 12.1 Å². The molecule has 1 aliphatic rings. The van der Waals surface area contributed by atoms with Gasteiger partial charge in [0.2, 0.25) is 12.7 Å². The quantitative estimate of drug-likeness (QED) is 0.754. The number of hydrogen-bond acceptors (Lipinski definition) is 6. The third-order valence-electron chi connectivity index (χ3n) is 3.85. The average Bonchev–Trinajstić information content (AvgIpc) is 3.34. The summed E-state index contributed by atoms with van der Waals surface area (Å²) >= 11 is 0. The lowest BCUT2D eigenvalue weighted by Gasteiger charge is -2.03. The van der Waals surface area contributed by atoms with E-state index in [9.17, 15) is 4.79 Å².